The fourth-order valence-corrected chi connectivity index (χ4v) is 5.67. The molecule has 0 bridgehead atoms. The van der Waals surface area contributed by atoms with Gasteiger partial charge >= 0.3 is 0 Å². The zero-order valence-corrected chi connectivity index (χ0v) is 23.6. The van der Waals surface area contributed by atoms with Crippen LogP contribution in [0, 0.1) is 24.0 Å². The number of nitro benzene ring substituents is 1. The Morgan fingerprint density at radius 2 is 1.67 bits per heavy atom. The van der Waals surface area contributed by atoms with Crippen molar-refractivity contribution in [3.8, 4) is 0 Å². The van der Waals surface area contributed by atoms with Gasteiger partial charge in [0.05, 0.1) is 4.92 Å². The highest BCUT2D eigenvalue weighted by Gasteiger charge is 2.33. The number of pyridine rings is 1. The van der Waals surface area contributed by atoms with E-state index in [-0.39, 0.29) is 11.2 Å². The van der Waals surface area contributed by atoms with E-state index in [2.05, 4.69) is 55.4 Å². The monoisotopic (exact) mass is 564 g/mol. The molecule has 11 heteroatoms. The van der Waals surface area contributed by atoms with Gasteiger partial charge in [-0.3, -0.25) is 19.8 Å². The number of rotatable bonds is 8. The molecule has 1 aliphatic heterocycles. The summed E-state index contributed by atoms with van der Waals surface area (Å²) in [6, 6.07) is 22.5. The average molecular weight is 565 g/mol. The number of aromatic amines is 1. The molecule has 0 aliphatic carbocycles. The van der Waals surface area contributed by atoms with Crippen LogP contribution >= 0.6 is 0 Å². The number of hydrogen-bond donors (Lipinski definition) is 1. The van der Waals surface area contributed by atoms with Crippen LogP contribution in [0.2, 0.25) is 0 Å². The molecule has 3 aromatic carbocycles. The van der Waals surface area contributed by atoms with Gasteiger partial charge in [0, 0.05) is 61.6 Å². The molecular weight excluding hydrogens is 532 g/mol. The maximum absolute atomic E-state index is 13.6. The first-order valence-electron chi connectivity index (χ1n) is 14.0. The quantitative estimate of drug-likeness (QED) is 0.220. The van der Waals surface area contributed by atoms with Crippen LogP contribution in [0.3, 0.4) is 0 Å². The van der Waals surface area contributed by atoms with E-state index in [1.807, 2.05) is 41.9 Å². The van der Waals surface area contributed by atoms with Crippen LogP contribution in [0.5, 0.6) is 0 Å². The molecule has 0 spiro atoms. The van der Waals surface area contributed by atoms with E-state index in [0.29, 0.717) is 44.1 Å². The molecule has 0 amide bonds. The van der Waals surface area contributed by atoms with Crippen LogP contribution in [0.1, 0.15) is 34.1 Å². The summed E-state index contributed by atoms with van der Waals surface area (Å²) in [4.78, 5) is 31.9. The molecule has 1 atom stereocenters. The van der Waals surface area contributed by atoms with E-state index in [9.17, 15) is 14.9 Å². The van der Waals surface area contributed by atoms with Crippen molar-refractivity contribution in [3.05, 3.63) is 121 Å². The fourth-order valence-electron chi connectivity index (χ4n) is 5.67. The first-order valence-corrected chi connectivity index (χ1v) is 14.0. The lowest BCUT2D eigenvalue weighted by atomic mass is 10.00. The number of aromatic nitrogens is 5. The minimum absolute atomic E-state index is 0.0701. The summed E-state index contributed by atoms with van der Waals surface area (Å²) >= 11 is 0. The molecule has 0 radical (unpaired) electrons. The Morgan fingerprint density at radius 1 is 0.952 bits per heavy atom. The Labute approximate surface area is 242 Å². The van der Waals surface area contributed by atoms with Crippen LogP contribution < -0.4 is 10.5 Å². The Balaban J connectivity index is 1.34. The summed E-state index contributed by atoms with van der Waals surface area (Å²) in [5.41, 5.74) is 5.70. The van der Waals surface area contributed by atoms with E-state index in [1.165, 1.54) is 17.7 Å². The summed E-state index contributed by atoms with van der Waals surface area (Å²) in [5, 5.41) is 24.9. The molecule has 214 valence electrons. The van der Waals surface area contributed by atoms with Crippen molar-refractivity contribution < 1.29 is 4.92 Å². The number of nitro groups is 1. The first kappa shape index (κ1) is 27.3. The molecule has 1 N–H and O–H groups in total. The van der Waals surface area contributed by atoms with Crippen LogP contribution in [0.25, 0.3) is 10.9 Å². The second-order valence-corrected chi connectivity index (χ2v) is 10.8. The Morgan fingerprint density at radius 3 is 2.38 bits per heavy atom. The Kier molecular flexibility index (Phi) is 7.49. The number of fused-ring (bicyclic) bond motifs is 1. The average Bonchev–Trinajstić information content (AvgIpc) is 3.46. The fraction of sp³-hybridized carbons (Fsp3) is 0.290. The number of tetrazole rings is 1. The van der Waals surface area contributed by atoms with Gasteiger partial charge in [0.15, 0.2) is 5.82 Å². The van der Waals surface area contributed by atoms with Gasteiger partial charge in [0.1, 0.15) is 6.04 Å². The third kappa shape index (κ3) is 5.51. The lowest BCUT2D eigenvalue weighted by Gasteiger charge is -2.39. The van der Waals surface area contributed by atoms with Gasteiger partial charge in [-0.25, -0.2) is 4.68 Å². The summed E-state index contributed by atoms with van der Waals surface area (Å²) < 4.78 is 1.81. The Hall–Kier alpha value is -4.90. The normalized spacial score (nSPS) is 14.8. The molecular formula is C31H32N8O3. The van der Waals surface area contributed by atoms with Crippen LogP contribution in [0.4, 0.5) is 11.4 Å². The van der Waals surface area contributed by atoms with Gasteiger partial charge in [-0.1, -0.05) is 30.3 Å². The van der Waals surface area contributed by atoms with Crippen molar-refractivity contribution in [1.82, 2.24) is 30.1 Å². The van der Waals surface area contributed by atoms with Crippen molar-refractivity contribution in [2.24, 2.45) is 0 Å². The van der Waals surface area contributed by atoms with Gasteiger partial charge in [-0.2, -0.15) is 0 Å². The first-order chi connectivity index (χ1) is 20.4. The molecule has 1 aliphatic rings. The van der Waals surface area contributed by atoms with E-state index in [4.69, 9.17) is 0 Å². The van der Waals surface area contributed by atoms with Crippen LogP contribution in [-0.4, -0.2) is 61.2 Å². The summed E-state index contributed by atoms with van der Waals surface area (Å²) in [6.07, 6.45) is 0.756. The molecule has 3 heterocycles. The van der Waals surface area contributed by atoms with Gasteiger partial charge in [0.25, 0.3) is 11.2 Å². The topological polar surface area (TPSA) is 126 Å². The van der Waals surface area contributed by atoms with Crippen molar-refractivity contribution in [3.63, 3.8) is 0 Å². The van der Waals surface area contributed by atoms with Crippen molar-refractivity contribution in [1.29, 1.82) is 0 Å². The maximum atomic E-state index is 13.6. The van der Waals surface area contributed by atoms with E-state index in [0.717, 1.165) is 34.1 Å². The van der Waals surface area contributed by atoms with E-state index < -0.39 is 11.0 Å². The number of H-pyrrole nitrogens is 1. The number of aryl methyl sites for hydroxylation is 4. The predicted octanol–water partition coefficient (Wildman–Crippen LogP) is 4.19. The number of non-ortho nitro benzene ring substituents is 1. The minimum atomic E-state index is -0.454. The highest BCUT2D eigenvalue weighted by molar-refractivity contribution is 5.81. The smallest absolute Gasteiger partial charge is 0.269 e. The molecule has 1 fully saturated rings. The second kappa shape index (κ2) is 11.5. The zero-order valence-electron chi connectivity index (χ0n) is 23.6. The third-order valence-electron chi connectivity index (χ3n) is 8.15. The third-order valence-corrected chi connectivity index (χ3v) is 8.15. The summed E-state index contributed by atoms with van der Waals surface area (Å²) in [5.74, 6) is 0.628. The van der Waals surface area contributed by atoms with Crippen LogP contribution in [0.15, 0.2) is 77.6 Å². The van der Waals surface area contributed by atoms with E-state index >= 15 is 0 Å². The minimum Gasteiger partial charge on any atom is -0.369 e. The zero-order chi connectivity index (χ0) is 29.2. The molecule has 0 saturated carbocycles. The number of nitrogens with zero attached hydrogens (tertiary/aromatic N) is 7. The molecule has 6 rings (SSSR count). The molecule has 0 unspecified atom stereocenters. The predicted molar refractivity (Wildman–Crippen MR) is 161 cm³/mol. The molecule has 11 nitrogen and oxygen atoms in total. The highest BCUT2D eigenvalue weighted by atomic mass is 16.6. The van der Waals surface area contributed by atoms with Gasteiger partial charge in [-0.15, -0.1) is 5.10 Å². The number of anilines is 1. The van der Waals surface area contributed by atoms with Gasteiger partial charge < -0.3 is 9.88 Å². The number of benzene rings is 3. The number of nitrogens with one attached hydrogen (secondary N) is 1. The SMILES string of the molecule is Cc1cc2cc([C@H](c3nnnn3CCc3ccccc3)N3CCN(c4ccc([N+](=O)[O-])cc4)CC3)c(=O)[nH]c2cc1C. The Bertz CT molecular complexity index is 1770. The second-order valence-electron chi connectivity index (χ2n) is 10.8. The highest BCUT2D eigenvalue weighted by Crippen LogP contribution is 2.30. The number of hydrogen-bond acceptors (Lipinski definition) is 8. The largest absolute Gasteiger partial charge is 0.369 e. The molecule has 2 aromatic heterocycles. The van der Waals surface area contributed by atoms with Gasteiger partial charge in [-0.05, 0) is 83.1 Å². The summed E-state index contributed by atoms with van der Waals surface area (Å²) in [7, 11) is 0. The van der Waals surface area contributed by atoms with E-state index in [1.54, 1.807) is 12.1 Å². The lowest BCUT2D eigenvalue weighted by Crippen LogP contribution is -2.49. The number of piperazine rings is 1. The van der Waals surface area contributed by atoms with Crippen LogP contribution in [-0.2, 0) is 13.0 Å². The van der Waals surface area contributed by atoms with Crippen molar-refractivity contribution >= 4 is 22.3 Å². The lowest BCUT2D eigenvalue weighted by molar-refractivity contribution is -0.384. The van der Waals surface area contributed by atoms with Crippen molar-refractivity contribution in [2.75, 3.05) is 31.1 Å². The standard InChI is InChI=1S/C31H32N8O3/c1-21-18-24-20-27(31(40)32-28(24)19-22(21)2)29(30-33-34-35-38(30)13-12-23-6-4-3-5-7-23)37-16-14-36(15-17-37)25-8-10-26(11-9-25)39(41)42/h3-11,18-20,29H,12-17H2,1-2H3,(H,32,40)/t29-/m1/s1. The molecule has 5 aromatic rings. The maximum Gasteiger partial charge on any atom is 0.269 e. The molecule has 42 heavy (non-hydrogen) atoms. The van der Waals surface area contributed by atoms with Gasteiger partial charge in [0.2, 0.25) is 0 Å². The molecule has 1 saturated heterocycles. The summed E-state index contributed by atoms with van der Waals surface area (Å²) in [6.45, 7) is 7.35. The van der Waals surface area contributed by atoms with Crippen molar-refractivity contribution in [2.45, 2.75) is 32.9 Å².